The topological polar surface area (TPSA) is 78.5 Å². The molecule has 146 valence electrons. The molecular weight excluding hydrogens is 410 g/mol. The third-order valence-electron chi connectivity index (χ3n) is 4.47. The zero-order valence-electron chi connectivity index (χ0n) is 15.1. The van der Waals surface area contributed by atoms with Gasteiger partial charge in [-0.15, -0.1) is 11.3 Å². The molecule has 1 aliphatic rings. The number of nitrogens with zero attached hydrogens (tertiary/aromatic N) is 1. The summed E-state index contributed by atoms with van der Waals surface area (Å²) in [6, 6.07) is 16.3. The number of anilines is 3. The Labute approximate surface area is 176 Å². The third-order valence-corrected chi connectivity index (χ3v) is 5.57. The molecular formula is C21H16ClN3O3S. The van der Waals surface area contributed by atoms with Gasteiger partial charge in [0, 0.05) is 10.7 Å². The van der Waals surface area contributed by atoms with Gasteiger partial charge in [-0.05, 0) is 41.8 Å². The number of nitrogens with one attached hydrogen (secondary N) is 2. The first-order valence-corrected chi connectivity index (χ1v) is 10.1. The number of benzene rings is 2. The summed E-state index contributed by atoms with van der Waals surface area (Å²) in [5.74, 6) is -1.12. The van der Waals surface area contributed by atoms with Crippen molar-refractivity contribution in [1.82, 2.24) is 0 Å². The van der Waals surface area contributed by atoms with Crippen LogP contribution in [0, 0.1) is 0 Å². The normalized spacial score (nSPS) is 15.4. The van der Waals surface area contributed by atoms with Crippen LogP contribution in [0.4, 0.5) is 17.1 Å². The SMILES string of the molecule is O=C(C[C@@H]1C(=O)Nc2ccccc2N1C(=O)c1cccs1)Nc1cccc(Cl)c1. The number of hydrogen-bond acceptors (Lipinski definition) is 4. The van der Waals surface area contributed by atoms with Gasteiger partial charge in [0.2, 0.25) is 11.8 Å². The predicted octanol–water partition coefficient (Wildman–Crippen LogP) is 4.40. The van der Waals surface area contributed by atoms with E-state index < -0.39 is 17.9 Å². The van der Waals surface area contributed by atoms with Crippen molar-refractivity contribution in [2.75, 3.05) is 15.5 Å². The summed E-state index contributed by atoms with van der Waals surface area (Å²) < 4.78 is 0. The van der Waals surface area contributed by atoms with Crippen molar-refractivity contribution in [2.45, 2.75) is 12.5 Å². The Bertz CT molecular complexity index is 1080. The van der Waals surface area contributed by atoms with E-state index in [2.05, 4.69) is 10.6 Å². The molecule has 0 saturated heterocycles. The average Bonchev–Trinajstić information content (AvgIpc) is 3.23. The first-order chi connectivity index (χ1) is 14.0. The summed E-state index contributed by atoms with van der Waals surface area (Å²) in [5, 5.41) is 7.80. The minimum absolute atomic E-state index is 0.191. The minimum Gasteiger partial charge on any atom is -0.326 e. The summed E-state index contributed by atoms with van der Waals surface area (Å²) in [4.78, 5) is 40.5. The predicted molar refractivity (Wildman–Crippen MR) is 115 cm³/mol. The van der Waals surface area contributed by atoms with Crippen molar-refractivity contribution >= 4 is 57.7 Å². The Morgan fingerprint density at radius 3 is 2.69 bits per heavy atom. The Balaban J connectivity index is 1.63. The fraction of sp³-hybridized carbons (Fsp3) is 0.0952. The van der Waals surface area contributed by atoms with E-state index in [1.807, 2.05) is 0 Å². The number of carbonyl (C=O) groups excluding carboxylic acids is 3. The van der Waals surface area contributed by atoms with E-state index in [1.165, 1.54) is 16.2 Å². The molecule has 2 N–H and O–H groups in total. The van der Waals surface area contributed by atoms with Crippen LogP contribution in [0.3, 0.4) is 0 Å². The second-order valence-electron chi connectivity index (χ2n) is 6.44. The highest BCUT2D eigenvalue weighted by Crippen LogP contribution is 2.34. The van der Waals surface area contributed by atoms with E-state index in [0.717, 1.165) is 0 Å². The lowest BCUT2D eigenvalue weighted by Gasteiger charge is -2.35. The monoisotopic (exact) mass is 425 g/mol. The maximum absolute atomic E-state index is 13.2. The maximum atomic E-state index is 13.2. The second-order valence-corrected chi connectivity index (χ2v) is 7.82. The van der Waals surface area contributed by atoms with Crippen LogP contribution in [-0.2, 0) is 9.59 Å². The van der Waals surface area contributed by atoms with Gasteiger partial charge in [-0.2, -0.15) is 0 Å². The van der Waals surface area contributed by atoms with Gasteiger partial charge in [0.1, 0.15) is 6.04 Å². The molecule has 0 saturated carbocycles. The largest absolute Gasteiger partial charge is 0.326 e. The van der Waals surface area contributed by atoms with E-state index in [1.54, 1.807) is 66.0 Å². The Kier molecular flexibility index (Phi) is 5.33. The van der Waals surface area contributed by atoms with Crippen LogP contribution in [0.25, 0.3) is 0 Å². The number of fused-ring (bicyclic) bond motifs is 1. The molecule has 6 nitrogen and oxygen atoms in total. The number of hydrogen-bond donors (Lipinski definition) is 2. The molecule has 2 aromatic carbocycles. The highest BCUT2D eigenvalue weighted by Gasteiger charge is 2.38. The van der Waals surface area contributed by atoms with Gasteiger partial charge in [-0.25, -0.2) is 0 Å². The molecule has 0 fully saturated rings. The molecule has 3 amide bonds. The highest BCUT2D eigenvalue weighted by atomic mass is 35.5. The van der Waals surface area contributed by atoms with Crippen LogP contribution < -0.4 is 15.5 Å². The van der Waals surface area contributed by atoms with E-state index in [9.17, 15) is 14.4 Å². The molecule has 8 heteroatoms. The summed E-state index contributed by atoms with van der Waals surface area (Å²) in [7, 11) is 0. The molecule has 0 spiro atoms. The molecule has 0 bridgehead atoms. The number of para-hydroxylation sites is 2. The van der Waals surface area contributed by atoms with Gasteiger partial charge in [-0.3, -0.25) is 19.3 Å². The lowest BCUT2D eigenvalue weighted by atomic mass is 10.0. The van der Waals surface area contributed by atoms with Gasteiger partial charge >= 0.3 is 0 Å². The quantitative estimate of drug-likeness (QED) is 0.650. The van der Waals surface area contributed by atoms with Crippen molar-refractivity contribution in [2.24, 2.45) is 0 Å². The van der Waals surface area contributed by atoms with Crippen LogP contribution in [0.15, 0.2) is 66.0 Å². The summed E-state index contributed by atoms with van der Waals surface area (Å²) in [5.41, 5.74) is 1.62. The van der Waals surface area contributed by atoms with Crippen molar-refractivity contribution in [3.05, 3.63) is 75.9 Å². The number of carbonyl (C=O) groups is 3. The zero-order valence-corrected chi connectivity index (χ0v) is 16.7. The van der Waals surface area contributed by atoms with Crippen molar-refractivity contribution in [3.63, 3.8) is 0 Å². The molecule has 0 radical (unpaired) electrons. The van der Waals surface area contributed by atoms with Crippen LogP contribution in [0.5, 0.6) is 0 Å². The fourth-order valence-corrected chi connectivity index (χ4v) is 4.05. The van der Waals surface area contributed by atoms with Gasteiger partial charge in [0.05, 0.1) is 22.7 Å². The fourth-order valence-electron chi connectivity index (χ4n) is 3.20. The third kappa shape index (κ3) is 4.01. The minimum atomic E-state index is -0.973. The Morgan fingerprint density at radius 1 is 1.10 bits per heavy atom. The zero-order chi connectivity index (χ0) is 20.4. The lowest BCUT2D eigenvalue weighted by molar-refractivity contribution is -0.122. The van der Waals surface area contributed by atoms with Crippen LogP contribution >= 0.6 is 22.9 Å². The van der Waals surface area contributed by atoms with Crippen LogP contribution in [0.1, 0.15) is 16.1 Å². The summed E-state index contributed by atoms with van der Waals surface area (Å²) >= 11 is 7.24. The van der Waals surface area contributed by atoms with Crippen LogP contribution in [0.2, 0.25) is 5.02 Å². The van der Waals surface area contributed by atoms with E-state index in [4.69, 9.17) is 11.6 Å². The maximum Gasteiger partial charge on any atom is 0.269 e. The number of amides is 3. The van der Waals surface area contributed by atoms with E-state index in [0.29, 0.717) is 27.0 Å². The first kappa shape index (κ1) is 19.2. The molecule has 0 aliphatic carbocycles. The standard InChI is InChI=1S/C21H16ClN3O3S/c22-13-5-3-6-14(11-13)23-19(26)12-17-20(27)24-15-7-1-2-8-16(15)25(17)21(28)18-9-4-10-29-18/h1-11,17H,12H2,(H,23,26)(H,24,27)/t17-/m1/s1. The van der Waals surface area contributed by atoms with Gasteiger partial charge < -0.3 is 10.6 Å². The molecule has 3 aromatic rings. The first-order valence-electron chi connectivity index (χ1n) is 8.85. The molecule has 2 heterocycles. The molecule has 0 unspecified atom stereocenters. The Morgan fingerprint density at radius 2 is 1.93 bits per heavy atom. The van der Waals surface area contributed by atoms with Gasteiger partial charge in [0.25, 0.3) is 5.91 Å². The van der Waals surface area contributed by atoms with E-state index >= 15 is 0 Å². The average molecular weight is 426 g/mol. The molecule has 1 aromatic heterocycles. The van der Waals surface area contributed by atoms with E-state index in [-0.39, 0.29) is 12.3 Å². The second kappa shape index (κ2) is 8.06. The number of rotatable bonds is 4. The van der Waals surface area contributed by atoms with Gasteiger partial charge in [0.15, 0.2) is 0 Å². The van der Waals surface area contributed by atoms with Crippen molar-refractivity contribution < 1.29 is 14.4 Å². The molecule has 1 atom stereocenters. The van der Waals surface area contributed by atoms with Crippen molar-refractivity contribution in [3.8, 4) is 0 Å². The molecule has 29 heavy (non-hydrogen) atoms. The van der Waals surface area contributed by atoms with Gasteiger partial charge in [-0.1, -0.05) is 35.9 Å². The molecule has 1 aliphatic heterocycles. The highest BCUT2D eigenvalue weighted by molar-refractivity contribution is 7.12. The number of halogens is 1. The lowest BCUT2D eigenvalue weighted by Crippen LogP contribution is -2.52. The summed E-state index contributed by atoms with van der Waals surface area (Å²) in [6.45, 7) is 0. The van der Waals surface area contributed by atoms with Crippen LogP contribution in [-0.4, -0.2) is 23.8 Å². The Hall–Kier alpha value is -3.16. The number of thiophene rings is 1. The summed E-state index contributed by atoms with van der Waals surface area (Å²) in [6.07, 6.45) is -0.191. The van der Waals surface area contributed by atoms with Crippen molar-refractivity contribution in [1.29, 1.82) is 0 Å². The smallest absolute Gasteiger partial charge is 0.269 e. The molecule has 4 rings (SSSR count).